The first-order valence-electron chi connectivity index (χ1n) is 9.89. The van der Waals surface area contributed by atoms with E-state index in [2.05, 4.69) is 15.5 Å². The summed E-state index contributed by atoms with van der Waals surface area (Å²) in [4.78, 5) is 25.7. The van der Waals surface area contributed by atoms with Crippen molar-refractivity contribution in [3.8, 4) is 0 Å². The number of anilines is 2. The van der Waals surface area contributed by atoms with E-state index in [9.17, 15) is 18.0 Å². The van der Waals surface area contributed by atoms with Crippen LogP contribution < -0.4 is 15.5 Å². The molecule has 3 rings (SSSR count). The highest BCUT2D eigenvalue weighted by atomic mass is 32.2. The van der Waals surface area contributed by atoms with Crippen LogP contribution in [-0.2, 0) is 24.3 Å². The van der Waals surface area contributed by atoms with Gasteiger partial charge in [-0.1, -0.05) is 0 Å². The van der Waals surface area contributed by atoms with Crippen LogP contribution in [0, 0.1) is 0 Å². The zero-order valence-corrected chi connectivity index (χ0v) is 17.5. The summed E-state index contributed by atoms with van der Waals surface area (Å²) in [7, 11) is -3.68. The highest BCUT2D eigenvalue weighted by molar-refractivity contribution is 7.89. The van der Waals surface area contributed by atoms with Crippen molar-refractivity contribution in [2.75, 3.05) is 56.2 Å². The minimum atomic E-state index is -3.68. The van der Waals surface area contributed by atoms with Crippen molar-refractivity contribution in [1.29, 1.82) is 0 Å². The Kier molecular flexibility index (Phi) is 7.09. The van der Waals surface area contributed by atoms with E-state index in [1.54, 1.807) is 12.1 Å². The van der Waals surface area contributed by atoms with Gasteiger partial charge in [0, 0.05) is 33.1 Å². The smallest absolute Gasteiger partial charge is 0.243 e. The van der Waals surface area contributed by atoms with Gasteiger partial charge in [-0.2, -0.15) is 4.31 Å². The maximum Gasteiger partial charge on any atom is 0.243 e. The van der Waals surface area contributed by atoms with Crippen LogP contribution in [0.3, 0.4) is 0 Å². The molecule has 0 saturated carbocycles. The van der Waals surface area contributed by atoms with E-state index in [4.69, 9.17) is 4.74 Å². The average molecular weight is 425 g/mol. The summed E-state index contributed by atoms with van der Waals surface area (Å²) in [5.41, 5.74) is 1.23. The van der Waals surface area contributed by atoms with Gasteiger partial charge in [0.05, 0.1) is 36.0 Å². The summed E-state index contributed by atoms with van der Waals surface area (Å²) in [5, 5.41) is 5.23. The molecule has 2 saturated heterocycles. The second kappa shape index (κ2) is 9.55. The lowest BCUT2D eigenvalue weighted by Gasteiger charge is -2.31. The fraction of sp³-hybridized carbons (Fsp3) is 0.579. The molecule has 0 aliphatic carbocycles. The van der Waals surface area contributed by atoms with Crippen LogP contribution in [0.15, 0.2) is 23.1 Å². The lowest BCUT2D eigenvalue weighted by atomic mass is 10.1. The van der Waals surface area contributed by atoms with Crippen molar-refractivity contribution >= 4 is 33.2 Å². The van der Waals surface area contributed by atoms with E-state index in [0.29, 0.717) is 32.0 Å². The van der Waals surface area contributed by atoms with Gasteiger partial charge in [-0.15, -0.1) is 0 Å². The number of carbonyl (C=O) groups excluding carboxylic acids is 2. The fourth-order valence-corrected chi connectivity index (χ4v) is 4.96. The second-order valence-corrected chi connectivity index (χ2v) is 9.14. The van der Waals surface area contributed by atoms with Gasteiger partial charge in [-0.3, -0.25) is 9.59 Å². The molecule has 2 N–H and O–H groups in total. The van der Waals surface area contributed by atoms with Gasteiger partial charge < -0.3 is 20.3 Å². The number of hydrogen-bond donors (Lipinski definition) is 2. The van der Waals surface area contributed by atoms with Gasteiger partial charge in [0.15, 0.2) is 0 Å². The van der Waals surface area contributed by atoms with Gasteiger partial charge in [0.25, 0.3) is 0 Å². The Morgan fingerprint density at radius 1 is 1.07 bits per heavy atom. The molecule has 2 aliphatic heterocycles. The SMILES string of the molecule is CC(=O)NCC(=O)Nc1cc(S(=O)(=O)N2CCOCC2)ccc1N1CCCCC1. The highest BCUT2D eigenvalue weighted by Crippen LogP contribution is 2.32. The molecule has 2 aliphatic rings. The first-order valence-corrected chi connectivity index (χ1v) is 11.3. The van der Waals surface area contributed by atoms with Crippen molar-refractivity contribution < 1.29 is 22.7 Å². The number of nitrogens with zero attached hydrogens (tertiary/aromatic N) is 2. The van der Waals surface area contributed by atoms with E-state index in [-0.39, 0.29) is 17.3 Å². The minimum absolute atomic E-state index is 0.134. The Balaban J connectivity index is 1.89. The lowest BCUT2D eigenvalue weighted by Crippen LogP contribution is -2.40. The van der Waals surface area contributed by atoms with Gasteiger partial charge in [-0.25, -0.2) is 8.42 Å². The maximum atomic E-state index is 13.0. The standard InChI is InChI=1S/C19H28N4O5S/c1-15(24)20-14-19(25)21-17-13-16(29(26,27)23-9-11-28-12-10-23)5-6-18(17)22-7-3-2-4-8-22/h5-6,13H,2-4,7-12,14H2,1H3,(H,20,24)(H,21,25). The number of benzene rings is 1. The summed E-state index contributed by atoms with van der Waals surface area (Å²) in [5.74, 6) is -0.709. The number of hydrogen-bond acceptors (Lipinski definition) is 6. The molecular formula is C19H28N4O5S. The monoisotopic (exact) mass is 424 g/mol. The third-order valence-electron chi connectivity index (χ3n) is 5.04. The van der Waals surface area contributed by atoms with Crippen LogP contribution in [0.1, 0.15) is 26.2 Å². The van der Waals surface area contributed by atoms with E-state index < -0.39 is 15.9 Å². The Morgan fingerprint density at radius 3 is 2.41 bits per heavy atom. The van der Waals surface area contributed by atoms with Crippen LogP contribution in [-0.4, -0.2) is 70.5 Å². The normalized spacial score (nSPS) is 18.3. The fourth-order valence-electron chi connectivity index (χ4n) is 3.52. The van der Waals surface area contributed by atoms with Crippen LogP contribution >= 0.6 is 0 Å². The number of ether oxygens (including phenoxy) is 1. The summed E-state index contributed by atoms with van der Waals surface area (Å²) >= 11 is 0. The van der Waals surface area contributed by atoms with Gasteiger partial charge in [0.1, 0.15) is 0 Å². The Hall–Kier alpha value is -2.17. The highest BCUT2D eigenvalue weighted by Gasteiger charge is 2.28. The summed E-state index contributed by atoms with van der Waals surface area (Å²) in [6.45, 7) is 4.21. The van der Waals surface area contributed by atoms with Gasteiger partial charge >= 0.3 is 0 Å². The van der Waals surface area contributed by atoms with Crippen molar-refractivity contribution in [2.45, 2.75) is 31.1 Å². The number of nitrogens with one attached hydrogen (secondary N) is 2. The molecule has 0 atom stereocenters. The van der Waals surface area contributed by atoms with Crippen LogP contribution in [0.5, 0.6) is 0 Å². The summed E-state index contributed by atoms with van der Waals surface area (Å²) in [6.07, 6.45) is 3.25. The lowest BCUT2D eigenvalue weighted by molar-refractivity contribution is -0.122. The zero-order chi connectivity index (χ0) is 20.9. The quantitative estimate of drug-likeness (QED) is 0.699. The Bertz CT molecular complexity index is 846. The van der Waals surface area contributed by atoms with Crippen LogP contribution in [0.2, 0.25) is 0 Å². The molecule has 10 heteroatoms. The first kappa shape index (κ1) is 21.5. The molecule has 0 bridgehead atoms. The molecule has 2 fully saturated rings. The Morgan fingerprint density at radius 2 is 1.76 bits per heavy atom. The molecule has 9 nitrogen and oxygen atoms in total. The average Bonchev–Trinajstić information content (AvgIpc) is 2.73. The van der Waals surface area contributed by atoms with Crippen molar-refractivity contribution in [2.24, 2.45) is 0 Å². The van der Waals surface area contributed by atoms with Crippen molar-refractivity contribution in [3.05, 3.63) is 18.2 Å². The van der Waals surface area contributed by atoms with Crippen LogP contribution in [0.4, 0.5) is 11.4 Å². The van der Waals surface area contributed by atoms with E-state index >= 15 is 0 Å². The Labute approximate surface area is 171 Å². The second-order valence-electron chi connectivity index (χ2n) is 7.20. The van der Waals surface area contributed by atoms with Crippen molar-refractivity contribution in [1.82, 2.24) is 9.62 Å². The van der Waals surface area contributed by atoms with Crippen LogP contribution in [0.25, 0.3) is 0 Å². The number of morpholine rings is 1. The first-order chi connectivity index (χ1) is 13.9. The molecule has 0 spiro atoms. The molecule has 29 heavy (non-hydrogen) atoms. The van der Waals surface area contributed by atoms with Crippen molar-refractivity contribution in [3.63, 3.8) is 0 Å². The third-order valence-corrected chi connectivity index (χ3v) is 6.94. The molecule has 1 aromatic rings. The topological polar surface area (TPSA) is 108 Å². The number of piperidine rings is 1. The zero-order valence-electron chi connectivity index (χ0n) is 16.6. The molecule has 0 radical (unpaired) electrons. The van der Waals surface area contributed by atoms with E-state index in [1.165, 1.54) is 17.3 Å². The largest absolute Gasteiger partial charge is 0.379 e. The van der Waals surface area contributed by atoms with Gasteiger partial charge in [0.2, 0.25) is 21.8 Å². The predicted molar refractivity (Wildman–Crippen MR) is 109 cm³/mol. The van der Waals surface area contributed by atoms with E-state index in [0.717, 1.165) is 38.0 Å². The predicted octanol–water partition coefficient (Wildman–Crippen LogP) is 0.772. The number of sulfonamides is 1. The maximum absolute atomic E-state index is 13.0. The van der Waals surface area contributed by atoms with E-state index in [1.807, 2.05) is 0 Å². The molecule has 0 unspecified atom stereocenters. The summed E-state index contributed by atoms with van der Waals surface area (Å²) < 4.78 is 32.7. The molecule has 1 aromatic carbocycles. The number of carbonyl (C=O) groups is 2. The molecule has 2 amide bonds. The number of rotatable bonds is 6. The molecule has 2 heterocycles. The molecule has 0 aromatic heterocycles. The minimum Gasteiger partial charge on any atom is -0.379 e. The molecule has 160 valence electrons. The molecular weight excluding hydrogens is 396 g/mol. The number of amides is 2. The summed E-state index contributed by atoms with van der Waals surface area (Å²) in [6, 6.07) is 4.87. The van der Waals surface area contributed by atoms with Gasteiger partial charge in [-0.05, 0) is 37.5 Å². The third kappa shape index (κ3) is 5.46.